The van der Waals surface area contributed by atoms with Crippen LogP contribution in [0.1, 0.15) is 58.3 Å². The molecule has 0 bridgehead atoms. The first-order chi connectivity index (χ1) is 12.1. The molecule has 1 heterocycles. The summed E-state index contributed by atoms with van der Waals surface area (Å²) in [7, 11) is 0. The fourth-order valence-corrected chi connectivity index (χ4v) is 2.87. The zero-order chi connectivity index (χ0) is 18.5. The Morgan fingerprint density at radius 3 is 2.04 bits per heavy atom. The number of ether oxygens (including phenoxy) is 3. The maximum atomic E-state index is 9.82. The summed E-state index contributed by atoms with van der Waals surface area (Å²) < 4.78 is 16.1. The lowest BCUT2D eigenvalue weighted by Crippen LogP contribution is -2.59. The molecule has 7 heteroatoms. The zero-order valence-corrected chi connectivity index (χ0v) is 15.4. The fourth-order valence-electron chi connectivity index (χ4n) is 2.87. The molecule has 0 aromatic heterocycles. The molecule has 0 aromatic rings. The molecule has 0 amide bonds. The Hall–Kier alpha value is -0.280. The molecule has 25 heavy (non-hydrogen) atoms. The molecule has 1 aliphatic heterocycles. The van der Waals surface area contributed by atoms with E-state index in [1.165, 1.54) is 44.9 Å². The number of hydrogen-bond donors (Lipinski definition) is 4. The molecule has 5 atom stereocenters. The van der Waals surface area contributed by atoms with Gasteiger partial charge in [-0.3, -0.25) is 0 Å². The standard InChI is InChI=1S/C18H36O7/c1-2-3-4-5-6-7-8-9-10-23-11-12-24-18-17(22)16(21)15(20)14(13-19)25-18/h14-22H,2-13H2,1H3/t14?,15-,16-,17?,18+/m1/s1. The Kier molecular flexibility index (Phi) is 12.6. The summed E-state index contributed by atoms with van der Waals surface area (Å²) >= 11 is 0. The van der Waals surface area contributed by atoms with Crippen LogP contribution in [-0.4, -0.2) is 77.6 Å². The van der Waals surface area contributed by atoms with Crippen molar-refractivity contribution in [3.63, 3.8) is 0 Å². The van der Waals surface area contributed by atoms with E-state index in [9.17, 15) is 15.3 Å². The van der Waals surface area contributed by atoms with Crippen LogP contribution in [0.4, 0.5) is 0 Å². The Balaban J connectivity index is 1.99. The maximum absolute atomic E-state index is 9.82. The molecular weight excluding hydrogens is 328 g/mol. The van der Waals surface area contributed by atoms with Crippen LogP contribution < -0.4 is 0 Å². The molecule has 150 valence electrons. The van der Waals surface area contributed by atoms with Crippen molar-refractivity contribution in [3.05, 3.63) is 0 Å². The monoisotopic (exact) mass is 364 g/mol. The van der Waals surface area contributed by atoms with Crippen molar-refractivity contribution in [3.8, 4) is 0 Å². The molecule has 1 rings (SSSR count). The van der Waals surface area contributed by atoms with Crippen LogP contribution in [0.2, 0.25) is 0 Å². The normalized spacial score (nSPS) is 29.9. The van der Waals surface area contributed by atoms with E-state index in [0.717, 1.165) is 6.42 Å². The van der Waals surface area contributed by atoms with Gasteiger partial charge in [-0.05, 0) is 6.42 Å². The number of rotatable bonds is 14. The van der Waals surface area contributed by atoms with Crippen molar-refractivity contribution >= 4 is 0 Å². The van der Waals surface area contributed by atoms with Crippen LogP contribution in [-0.2, 0) is 14.2 Å². The van der Waals surface area contributed by atoms with Crippen molar-refractivity contribution in [1.82, 2.24) is 0 Å². The molecule has 4 N–H and O–H groups in total. The van der Waals surface area contributed by atoms with Crippen molar-refractivity contribution in [2.24, 2.45) is 0 Å². The molecule has 0 aromatic carbocycles. The third-order valence-corrected chi connectivity index (χ3v) is 4.50. The minimum Gasteiger partial charge on any atom is -0.394 e. The summed E-state index contributed by atoms with van der Waals surface area (Å²) in [6.07, 6.45) is 3.84. The summed E-state index contributed by atoms with van der Waals surface area (Å²) in [5.74, 6) is 0. The molecule has 1 fully saturated rings. The molecule has 0 radical (unpaired) electrons. The quantitative estimate of drug-likeness (QED) is 0.340. The SMILES string of the molecule is CCCCCCCCCCOCCO[C@H]1OC(CO)[C@@H](O)[C@@H](O)C1O. The molecule has 1 saturated heterocycles. The van der Waals surface area contributed by atoms with Crippen molar-refractivity contribution in [2.45, 2.75) is 89.0 Å². The van der Waals surface area contributed by atoms with Gasteiger partial charge in [0.15, 0.2) is 6.29 Å². The highest BCUT2D eigenvalue weighted by Gasteiger charge is 2.43. The van der Waals surface area contributed by atoms with Crippen LogP contribution >= 0.6 is 0 Å². The van der Waals surface area contributed by atoms with Crippen LogP contribution in [0.5, 0.6) is 0 Å². The van der Waals surface area contributed by atoms with Gasteiger partial charge in [-0.25, -0.2) is 0 Å². The predicted octanol–water partition coefficient (Wildman–Crippen LogP) is 0.960. The van der Waals surface area contributed by atoms with Gasteiger partial charge in [0.25, 0.3) is 0 Å². The second kappa shape index (κ2) is 13.9. The van der Waals surface area contributed by atoms with Crippen LogP contribution in [0.3, 0.4) is 0 Å². The van der Waals surface area contributed by atoms with Crippen molar-refractivity contribution < 1.29 is 34.6 Å². The second-order valence-electron chi connectivity index (χ2n) is 6.66. The maximum Gasteiger partial charge on any atom is 0.186 e. The van der Waals surface area contributed by atoms with Crippen molar-refractivity contribution in [1.29, 1.82) is 0 Å². The van der Waals surface area contributed by atoms with Gasteiger partial charge in [-0.2, -0.15) is 0 Å². The summed E-state index contributed by atoms with van der Waals surface area (Å²) in [5, 5.41) is 38.2. The van der Waals surface area contributed by atoms with Gasteiger partial charge in [-0.1, -0.05) is 51.9 Å². The minimum absolute atomic E-state index is 0.208. The molecule has 7 nitrogen and oxygen atoms in total. The lowest BCUT2D eigenvalue weighted by Gasteiger charge is -2.39. The molecule has 0 spiro atoms. The third-order valence-electron chi connectivity index (χ3n) is 4.50. The second-order valence-corrected chi connectivity index (χ2v) is 6.66. The van der Waals surface area contributed by atoms with Crippen molar-refractivity contribution in [2.75, 3.05) is 26.4 Å². The molecule has 2 unspecified atom stereocenters. The van der Waals surface area contributed by atoms with E-state index < -0.39 is 37.3 Å². The smallest absolute Gasteiger partial charge is 0.186 e. The summed E-state index contributed by atoms with van der Waals surface area (Å²) in [4.78, 5) is 0. The van der Waals surface area contributed by atoms with E-state index in [1.807, 2.05) is 0 Å². The number of unbranched alkanes of at least 4 members (excludes halogenated alkanes) is 7. The number of aliphatic hydroxyl groups is 4. The first-order valence-corrected chi connectivity index (χ1v) is 9.61. The van der Waals surface area contributed by atoms with Gasteiger partial charge in [-0.15, -0.1) is 0 Å². The van der Waals surface area contributed by atoms with Crippen LogP contribution in [0.25, 0.3) is 0 Å². The summed E-state index contributed by atoms with van der Waals surface area (Å²) in [6, 6.07) is 0. The molecule has 0 saturated carbocycles. The fraction of sp³-hybridized carbons (Fsp3) is 1.00. The topological polar surface area (TPSA) is 109 Å². The average molecular weight is 364 g/mol. The Morgan fingerprint density at radius 2 is 1.40 bits per heavy atom. The van der Waals surface area contributed by atoms with E-state index in [2.05, 4.69) is 6.92 Å². The van der Waals surface area contributed by atoms with Gasteiger partial charge in [0.1, 0.15) is 24.4 Å². The summed E-state index contributed by atoms with van der Waals surface area (Å²) in [5.41, 5.74) is 0. The first-order valence-electron chi connectivity index (χ1n) is 9.61. The van der Waals surface area contributed by atoms with Gasteiger partial charge in [0, 0.05) is 6.61 Å². The van der Waals surface area contributed by atoms with E-state index >= 15 is 0 Å². The van der Waals surface area contributed by atoms with E-state index in [4.69, 9.17) is 19.3 Å². The van der Waals surface area contributed by atoms with Gasteiger partial charge >= 0.3 is 0 Å². The summed E-state index contributed by atoms with van der Waals surface area (Å²) in [6.45, 7) is 3.01. The molecule has 0 aliphatic carbocycles. The highest BCUT2D eigenvalue weighted by molar-refractivity contribution is 4.88. The van der Waals surface area contributed by atoms with Crippen LogP contribution in [0.15, 0.2) is 0 Å². The number of hydrogen-bond acceptors (Lipinski definition) is 7. The van der Waals surface area contributed by atoms with E-state index in [0.29, 0.717) is 13.2 Å². The Morgan fingerprint density at radius 1 is 0.760 bits per heavy atom. The van der Waals surface area contributed by atoms with Gasteiger partial charge < -0.3 is 34.6 Å². The lowest BCUT2D eigenvalue weighted by molar-refractivity contribution is -0.302. The Labute approximate surface area is 150 Å². The molecule has 1 aliphatic rings. The minimum atomic E-state index is -1.41. The average Bonchev–Trinajstić information content (AvgIpc) is 2.62. The van der Waals surface area contributed by atoms with E-state index in [-0.39, 0.29) is 6.61 Å². The largest absolute Gasteiger partial charge is 0.394 e. The predicted molar refractivity (Wildman–Crippen MR) is 93.1 cm³/mol. The third kappa shape index (κ3) is 8.77. The van der Waals surface area contributed by atoms with Gasteiger partial charge in [0.2, 0.25) is 0 Å². The Bertz CT molecular complexity index is 314. The van der Waals surface area contributed by atoms with Crippen LogP contribution in [0, 0.1) is 0 Å². The first kappa shape index (κ1) is 22.8. The zero-order valence-electron chi connectivity index (χ0n) is 15.4. The number of aliphatic hydroxyl groups excluding tert-OH is 4. The highest BCUT2D eigenvalue weighted by atomic mass is 16.7. The van der Waals surface area contributed by atoms with E-state index in [1.54, 1.807) is 0 Å². The lowest BCUT2D eigenvalue weighted by atomic mass is 9.99. The van der Waals surface area contributed by atoms with Gasteiger partial charge in [0.05, 0.1) is 19.8 Å². The molecular formula is C18H36O7. The highest BCUT2D eigenvalue weighted by Crippen LogP contribution is 2.21.